The number of nitrogens with zero attached hydrogens (tertiary/aromatic N) is 1. The normalized spacial score (nSPS) is 12.5. The van der Waals surface area contributed by atoms with Crippen LogP contribution in [0.2, 0.25) is 0 Å². The summed E-state index contributed by atoms with van der Waals surface area (Å²) in [5, 5.41) is 0. The van der Waals surface area contributed by atoms with Crippen LogP contribution in [-0.4, -0.2) is 51.8 Å². The fourth-order valence-corrected chi connectivity index (χ4v) is 1.95. The van der Waals surface area contributed by atoms with E-state index in [-0.39, 0.29) is 6.04 Å². The minimum atomic E-state index is 0.0252. The predicted octanol–water partition coefficient (Wildman–Crippen LogP) is 0.464. The van der Waals surface area contributed by atoms with Gasteiger partial charge in [0.05, 0.1) is 14.2 Å². The van der Waals surface area contributed by atoms with Crippen LogP contribution in [0.1, 0.15) is 5.56 Å². The number of ether oxygens (including phenoxy) is 2. The van der Waals surface area contributed by atoms with E-state index in [1.807, 2.05) is 25.2 Å². The topological polar surface area (TPSA) is 73.7 Å². The highest BCUT2D eigenvalue weighted by Crippen LogP contribution is 2.24. The summed E-state index contributed by atoms with van der Waals surface area (Å²) in [4.78, 5) is 2.18. The Kier molecular flexibility index (Phi) is 6.62. The van der Waals surface area contributed by atoms with Crippen molar-refractivity contribution in [1.29, 1.82) is 0 Å². The van der Waals surface area contributed by atoms with Gasteiger partial charge in [0.15, 0.2) is 0 Å². The molecule has 1 rings (SSSR count). The van der Waals surface area contributed by atoms with E-state index < -0.39 is 0 Å². The van der Waals surface area contributed by atoms with Crippen molar-refractivity contribution in [3.63, 3.8) is 0 Å². The Bertz CT molecular complexity index is 385. The number of hydrogen-bond donors (Lipinski definition) is 2. The zero-order chi connectivity index (χ0) is 14.3. The van der Waals surface area contributed by atoms with Crippen LogP contribution in [0, 0.1) is 0 Å². The molecule has 4 N–H and O–H groups in total. The van der Waals surface area contributed by atoms with E-state index in [0.29, 0.717) is 6.54 Å². The molecule has 0 radical (unpaired) electrons. The van der Waals surface area contributed by atoms with Crippen LogP contribution >= 0.6 is 0 Å². The van der Waals surface area contributed by atoms with Gasteiger partial charge in [-0.25, -0.2) is 0 Å². The van der Waals surface area contributed by atoms with E-state index in [1.54, 1.807) is 14.2 Å². The summed E-state index contributed by atoms with van der Waals surface area (Å²) in [6.07, 6.45) is 0.883. The molecule has 0 bridgehead atoms. The summed E-state index contributed by atoms with van der Waals surface area (Å²) in [5.74, 6) is 1.73. The second-order valence-corrected chi connectivity index (χ2v) is 4.69. The van der Waals surface area contributed by atoms with Gasteiger partial charge in [0.2, 0.25) is 0 Å². The van der Waals surface area contributed by atoms with Gasteiger partial charge in [0, 0.05) is 25.7 Å². The van der Waals surface area contributed by atoms with Crippen molar-refractivity contribution in [1.82, 2.24) is 4.90 Å². The molecule has 1 unspecified atom stereocenters. The molecule has 0 saturated heterocycles. The number of hydrogen-bond acceptors (Lipinski definition) is 5. The first-order valence-electron chi connectivity index (χ1n) is 6.45. The average Bonchev–Trinajstić information content (AvgIpc) is 2.44. The highest BCUT2D eigenvalue weighted by molar-refractivity contribution is 5.40. The third-order valence-electron chi connectivity index (χ3n) is 3.10. The van der Waals surface area contributed by atoms with Crippen molar-refractivity contribution in [3.8, 4) is 11.5 Å². The van der Waals surface area contributed by atoms with E-state index in [4.69, 9.17) is 20.9 Å². The second kappa shape index (κ2) is 7.99. The molecule has 0 aliphatic carbocycles. The molecule has 1 aromatic carbocycles. The zero-order valence-corrected chi connectivity index (χ0v) is 12.1. The average molecular weight is 267 g/mol. The molecule has 0 amide bonds. The van der Waals surface area contributed by atoms with Gasteiger partial charge in [-0.3, -0.25) is 0 Å². The first kappa shape index (κ1) is 15.8. The molecule has 0 aliphatic heterocycles. The molecule has 5 nitrogen and oxygen atoms in total. The standard InChI is InChI=1S/C14H25N3O2/c1-17(10-12(16)9-15)7-6-11-8-13(18-2)4-5-14(11)19-3/h4-5,8,12H,6-7,9-10,15-16H2,1-3H3. The Balaban J connectivity index is 2.60. The van der Waals surface area contributed by atoms with Crippen LogP contribution in [0.5, 0.6) is 11.5 Å². The largest absolute Gasteiger partial charge is 0.497 e. The lowest BCUT2D eigenvalue weighted by molar-refractivity contribution is 0.313. The fraction of sp³-hybridized carbons (Fsp3) is 0.571. The summed E-state index contributed by atoms with van der Waals surface area (Å²) < 4.78 is 10.6. The van der Waals surface area contributed by atoms with Gasteiger partial charge in [-0.2, -0.15) is 0 Å². The van der Waals surface area contributed by atoms with Crippen molar-refractivity contribution in [3.05, 3.63) is 23.8 Å². The maximum atomic E-state index is 5.83. The van der Waals surface area contributed by atoms with Crippen LogP contribution in [0.4, 0.5) is 0 Å². The minimum absolute atomic E-state index is 0.0252. The van der Waals surface area contributed by atoms with Crippen molar-refractivity contribution < 1.29 is 9.47 Å². The van der Waals surface area contributed by atoms with Crippen molar-refractivity contribution in [2.75, 3.05) is 40.9 Å². The monoisotopic (exact) mass is 267 g/mol. The Morgan fingerprint density at radius 1 is 1.26 bits per heavy atom. The molecule has 1 atom stereocenters. The van der Waals surface area contributed by atoms with Crippen molar-refractivity contribution in [2.24, 2.45) is 11.5 Å². The first-order chi connectivity index (χ1) is 9.10. The van der Waals surface area contributed by atoms with Crippen LogP contribution in [0.3, 0.4) is 0 Å². The van der Waals surface area contributed by atoms with Crippen molar-refractivity contribution >= 4 is 0 Å². The van der Waals surface area contributed by atoms with E-state index >= 15 is 0 Å². The highest BCUT2D eigenvalue weighted by atomic mass is 16.5. The third kappa shape index (κ3) is 5.06. The Hall–Kier alpha value is -1.30. The summed E-state index contributed by atoms with van der Waals surface area (Å²) in [7, 11) is 5.39. The van der Waals surface area contributed by atoms with E-state index in [9.17, 15) is 0 Å². The molecule has 1 aromatic rings. The molecule has 0 spiro atoms. The van der Waals surface area contributed by atoms with Gasteiger partial charge < -0.3 is 25.8 Å². The van der Waals surface area contributed by atoms with E-state index in [2.05, 4.69) is 4.90 Å². The summed E-state index contributed by atoms with van der Waals surface area (Å²) in [5.41, 5.74) is 12.5. The lowest BCUT2D eigenvalue weighted by Crippen LogP contribution is -2.41. The summed E-state index contributed by atoms with van der Waals surface area (Å²) in [6, 6.07) is 5.86. The van der Waals surface area contributed by atoms with Crippen LogP contribution in [-0.2, 0) is 6.42 Å². The molecule has 0 heterocycles. The molecule has 5 heteroatoms. The molecular formula is C14H25N3O2. The molecule has 0 aromatic heterocycles. The number of rotatable bonds is 8. The lowest BCUT2D eigenvalue weighted by Gasteiger charge is -2.20. The van der Waals surface area contributed by atoms with Crippen molar-refractivity contribution in [2.45, 2.75) is 12.5 Å². The van der Waals surface area contributed by atoms with E-state index in [0.717, 1.165) is 36.6 Å². The Morgan fingerprint density at radius 2 is 2.00 bits per heavy atom. The maximum absolute atomic E-state index is 5.83. The number of benzene rings is 1. The molecule has 0 fully saturated rings. The maximum Gasteiger partial charge on any atom is 0.122 e. The molecule has 19 heavy (non-hydrogen) atoms. The minimum Gasteiger partial charge on any atom is -0.497 e. The predicted molar refractivity (Wildman–Crippen MR) is 77.8 cm³/mol. The Labute approximate surface area is 115 Å². The number of nitrogens with two attached hydrogens (primary N) is 2. The number of methoxy groups -OCH3 is 2. The summed E-state index contributed by atoms with van der Waals surface area (Å²) in [6.45, 7) is 2.20. The lowest BCUT2D eigenvalue weighted by atomic mass is 10.1. The van der Waals surface area contributed by atoms with Gasteiger partial charge in [-0.1, -0.05) is 0 Å². The molecule has 108 valence electrons. The van der Waals surface area contributed by atoms with Crippen LogP contribution in [0.25, 0.3) is 0 Å². The molecule has 0 aliphatic rings. The van der Waals surface area contributed by atoms with Gasteiger partial charge in [0.25, 0.3) is 0 Å². The molecular weight excluding hydrogens is 242 g/mol. The smallest absolute Gasteiger partial charge is 0.122 e. The third-order valence-corrected chi connectivity index (χ3v) is 3.10. The van der Waals surface area contributed by atoms with Gasteiger partial charge >= 0.3 is 0 Å². The fourth-order valence-electron chi connectivity index (χ4n) is 1.95. The van der Waals surface area contributed by atoms with Crippen LogP contribution in [0.15, 0.2) is 18.2 Å². The Morgan fingerprint density at radius 3 is 2.58 bits per heavy atom. The SMILES string of the molecule is COc1ccc(OC)c(CCN(C)CC(N)CN)c1. The van der Waals surface area contributed by atoms with Gasteiger partial charge in [-0.05, 0) is 37.2 Å². The first-order valence-corrected chi connectivity index (χ1v) is 6.45. The van der Waals surface area contributed by atoms with Crippen LogP contribution < -0.4 is 20.9 Å². The second-order valence-electron chi connectivity index (χ2n) is 4.69. The van der Waals surface area contributed by atoms with Gasteiger partial charge in [0.1, 0.15) is 11.5 Å². The van der Waals surface area contributed by atoms with E-state index in [1.165, 1.54) is 0 Å². The highest BCUT2D eigenvalue weighted by Gasteiger charge is 2.08. The molecule has 0 saturated carbocycles. The van der Waals surface area contributed by atoms with Gasteiger partial charge in [-0.15, -0.1) is 0 Å². The number of likely N-dealkylation sites (N-methyl/N-ethyl adjacent to an activating group) is 1. The quantitative estimate of drug-likeness (QED) is 0.716. The summed E-state index contributed by atoms with van der Waals surface area (Å²) >= 11 is 0. The zero-order valence-electron chi connectivity index (χ0n) is 12.1.